The number of halogens is 2. The van der Waals surface area contributed by atoms with Crippen molar-refractivity contribution < 1.29 is 14.0 Å². The fourth-order valence-corrected chi connectivity index (χ4v) is 3.72. The van der Waals surface area contributed by atoms with Crippen LogP contribution in [-0.4, -0.2) is 34.2 Å². The number of benzene rings is 2. The Labute approximate surface area is 159 Å². The summed E-state index contributed by atoms with van der Waals surface area (Å²) in [5.41, 5.74) is 0.713. The molecule has 5 nitrogen and oxygen atoms in total. The molecule has 1 fully saturated rings. The zero-order valence-corrected chi connectivity index (χ0v) is 15.4. The highest BCUT2D eigenvalue weighted by atomic mass is 35.5. The predicted molar refractivity (Wildman–Crippen MR) is 102 cm³/mol. The second-order valence-electron chi connectivity index (χ2n) is 5.61. The number of nitrogens with zero attached hydrogens (tertiary/aromatic N) is 2. The van der Waals surface area contributed by atoms with Gasteiger partial charge < -0.3 is 5.32 Å². The van der Waals surface area contributed by atoms with Crippen LogP contribution in [0.4, 0.5) is 15.8 Å². The molecule has 0 spiro atoms. The molecule has 26 heavy (non-hydrogen) atoms. The Bertz CT molecular complexity index is 890. The van der Waals surface area contributed by atoms with Crippen LogP contribution in [0.15, 0.2) is 53.5 Å². The Balaban J connectivity index is 1.69. The van der Waals surface area contributed by atoms with Gasteiger partial charge in [0.1, 0.15) is 11.1 Å². The van der Waals surface area contributed by atoms with Crippen LogP contribution >= 0.6 is 23.4 Å². The number of aliphatic imine (C=N–C) groups is 1. The lowest BCUT2D eigenvalue weighted by molar-refractivity contribution is -0.127. The molecule has 2 aromatic rings. The van der Waals surface area contributed by atoms with Gasteiger partial charge in [0.2, 0.25) is 11.8 Å². The van der Waals surface area contributed by atoms with Crippen molar-refractivity contribution in [2.75, 3.05) is 12.4 Å². The molecule has 2 aromatic carbocycles. The van der Waals surface area contributed by atoms with E-state index in [4.69, 9.17) is 11.6 Å². The van der Waals surface area contributed by atoms with Gasteiger partial charge in [0.05, 0.1) is 11.4 Å². The number of thioether (sulfide) groups is 1. The molecular formula is C18H15ClFN3O2S. The van der Waals surface area contributed by atoms with Crippen molar-refractivity contribution in [2.24, 2.45) is 4.99 Å². The molecule has 1 aliphatic rings. The summed E-state index contributed by atoms with van der Waals surface area (Å²) in [5.74, 6) is -1.18. The number of carbonyl (C=O) groups excluding carboxylic acids is 2. The lowest BCUT2D eigenvalue weighted by Gasteiger charge is -2.09. The summed E-state index contributed by atoms with van der Waals surface area (Å²) >= 11 is 7.14. The average molecular weight is 392 g/mol. The monoisotopic (exact) mass is 391 g/mol. The van der Waals surface area contributed by atoms with Gasteiger partial charge in [-0.15, -0.1) is 0 Å². The molecule has 3 rings (SSSR count). The van der Waals surface area contributed by atoms with Gasteiger partial charge in [0.25, 0.3) is 0 Å². The van der Waals surface area contributed by atoms with Gasteiger partial charge >= 0.3 is 0 Å². The van der Waals surface area contributed by atoms with E-state index in [-0.39, 0.29) is 18.0 Å². The molecule has 1 N–H and O–H groups in total. The van der Waals surface area contributed by atoms with Crippen LogP contribution in [0.3, 0.4) is 0 Å². The minimum absolute atomic E-state index is 0.0727. The van der Waals surface area contributed by atoms with Crippen LogP contribution in [0.25, 0.3) is 0 Å². The summed E-state index contributed by atoms with van der Waals surface area (Å²) in [6, 6.07) is 12.8. The van der Waals surface area contributed by atoms with Crippen molar-refractivity contribution >= 4 is 51.7 Å². The lowest BCUT2D eigenvalue weighted by Crippen LogP contribution is -2.30. The number of hydrogen-bond acceptors (Lipinski definition) is 4. The molecule has 134 valence electrons. The van der Waals surface area contributed by atoms with Gasteiger partial charge in [-0.2, -0.15) is 0 Å². The van der Waals surface area contributed by atoms with Gasteiger partial charge in [-0.1, -0.05) is 41.6 Å². The van der Waals surface area contributed by atoms with Crippen LogP contribution in [-0.2, 0) is 9.59 Å². The van der Waals surface area contributed by atoms with E-state index in [0.29, 0.717) is 15.9 Å². The number of para-hydroxylation sites is 1. The summed E-state index contributed by atoms with van der Waals surface area (Å²) in [6.45, 7) is 0. The summed E-state index contributed by atoms with van der Waals surface area (Å²) in [7, 11) is 1.60. The van der Waals surface area contributed by atoms with Crippen LogP contribution in [0.1, 0.15) is 6.42 Å². The maximum Gasteiger partial charge on any atom is 0.242 e. The van der Waals surface area contributed by atoms with Crippen LogP contribution < -0.4 is 5.32 Å². The molecule has 1 heterocycles. The van der Waals surface area contributed by atoms with E-state index in [1.54, 1.807) is 37.4 Å². The number of nitrogens with one attached hydrogen (secondary N) is 1. The highest BCUT2D eigenvalue weighted by Gasteiger charge is 2.37. The van der Waals surface area contributed by atoms with E-state index in [9.17, 15) is 14.0 Å². The maximum absolute atomic E-state index is 13.6. The van der Waals surface area contributed by atoms with E-state index in [1.165, 1.54) is 34.9 Å². The molecule has 1 saturated heterocycles. The normalized spacial score (nSPS) is 18.4. The molecule has 0 aliphatic carbocycles. The van der Waals surface area contributed by atoms with Crippen molar-refractivity contribution in [3.63, 3.8) is 0 Å². The third-order valence-electron chi connectivity index (χ3n) is 3.69. The van der Waals surface area contributed by atoms with Crippen molar-refractivity contribution in [3.8, 4) is 0 Å². The van der Waals surface area contributed by atoms with E-state index in [2.05, 4.69) is 10.3 Å². The van der Waals surface area contributed by atoms with Gasteiger partial charge in [-0.3, -0.25) is 14.5 Å². The second-order valence-corrected chi connectivity index (χ2v) is 7.22. The summed E-state index contributed by atoms with van der Waals surface area (Å²) in [6.07, 6.45) is -0.0727. The Morgan fingerprint density at radius 1 is 1.31 bits per heavy atom. The number of amides is 2. The quantitative estimate of drug-likeness (QED) is 0.854. The van der Waals surface area contributed by atoms with Crippen molar-refractivity contribution in [1.82, 2.24) is 4.90 Å². The van der Waals surface area contributed by atoms with Crippen LogP contribution in [0.2, 0.25) is 5.02 Å². The molecule has 0 radical (unpaired) electrons. The fraction of sp³-hybridized carbons (Fsp3) is 0.167. The molecule has 2 amide bonds. The topological polar surface area (TPSA) is 61.8 Å². The standard InChI is InChI=1S/C18H15ClFN3O2S/c1-23-17(25)15(10-16(24)22-14-8-3-2-7-13(14)20)26-18(23)21-12-6-4-5-11(19)9-12/h2-9,15H,10H2,1H3,(H,22,24). The molecular weight excluding hydrogens is 377 g/mol. The van der Waals surface area contributed by atoms with E-state index in [1.807, 2.05) is 0 Å². The largest absolute Gasteiger partial charge is 0.324 e. The molecule has 1 unspecified atom stereocenters. The number of hydrogen-bond donors (Lipinski definition) is 1. The lowest BCUT2D eigenvalue weighted by atomic mass is 10.2. The number of rotatable bonds is 4. The first-order valence-electron chi connectivity index (χ1n) is 7.77. The molecule has 0 bridgehead atoms. The van der Waals surface area contributed by atoms with E-state index >= 15 is 0 Å². The van der Waals surface area contributed by atoms with Gasteiger partial charge in [-0.25, -0.2) is 9.38 Å². The minimum Gasteiger partial charge on any atom is -0.324 e. The van der Waals surface area contributed by atoms with Gasteiger partial charge in [0, 0.05) is 18.5 Å². The number of carbonyl (C=O) groups is 2. The molecule has 1 atom stereocenters. The molecule has 8 heteroatoms. The van der Waals surface area contributed by atoms with Crippen molar-refractivity contribution in [2.45, 2.75) is 11.7 Å². The zero-order chi connectivity index (χ0) is 18.7. The van der Waals surface area contributed by atoms with Crippen molar-refractivity contribution in [1.29, 1.82) is 0 Å². The summed E-state index contributed by atoms with van der Waals surface area (Å²) in [5, 5.41) is 2.92. The highest BCUT2D eigenvalue weighted by molar-refractivity contribution is 8.15. The summed E-state index contributed by atoms with van der Waals surface area (Å²) in [4.78, 5) is 30.4. The smallest absolute Gasteiger partial charge is 0.242 e. The Morgan fingerprint density at radius 3 is 2.81 bits per heavy atom. The number of amidine groups is 1. The van der Waals surface area contributed by atoms with E-state index < -0.39 is 17.0 Å². The molecule has 0 aromatic heterocycles. The SMILES string of the molecule is CN1C(=O)C(CC(=O)Nc2ccccc2F)SC1=Nc1cccc(Cl)c1. The van der Waals surface area contributed by atoms with Crippen LogP contribution in [0, 0.1) is 5.82 Å². The minimum atomic E-state index is -0.607. The van der Waals surface area contributed by atoms with E-state index in [0.717, 1.165) is 0 Å². The Hall–Kier alpha value is -2.38. The predicted octanol–water partition coefficient (Wildman–Crippen LogP) is 4.07. The first-order valence-corrected chi connectivity index (χ1v) is 9.02. The molecule has 0 saturated carbocycles. The Kier molecular flexibility index (Phi) is 5.58. The molecule has 1 aliphatic heterocycles. The van der Waals surface area contributed by atoms with Gasteiger partial charge in [-0.05, 0) is 30.3 Å². The second kappa shape index (κ2) is 7.88. The summed E-state index contributed by atoms with van der Waals surface area (Å²) < 4.78 is 13.6. The maximum atomic E-state index is 13.6. The highest BCUT2D eigenvalue weighted by Crippen LogP contribution is 2.31. The fourth-order valence-electron chi connectivity index (χ4n) is 2.39. The third kappa shape index (κ3) is 4.23. The first kappa shape index (κ1) is 18.4. The van der Waals surface area contributed by atoms with Gasteiger partial charge in [0.15, 0.2) is 5.17 Å². The zero-order valence-electron chi connectivity index (χ0n) is 13.8. The number of anilines is 1. The first-order chi connectivity index (χ1) is 12.4. The van der Waals surface area contributed by atoms with Crippen LogP contribution in [0.5, 0.6) is 0 Å². The average Bonchev–Trinajstić information content (AvgIpc) is 2.85. The van der Waals surface area contributed by atoms with Crippen molar-refractivity contribution in [3.05, 3.63) is 59.4 Å². The Morgan fingerprint density at radius 2 is 2.08 bits per heavy atom. The third-order valence-corrected chi connectivity index (χ3v) is 5.16.